The number of aromatic hydroxyl groups is 1. The average molecular weight is 303 g/mol. The molecule has 3 aromatic rings. The van der Waals surface area contributed by atoms with Crippen molar-refractivity contribution in [3.05, 3.63) is 90.0 Å². The first-order valence-electron chi connectivity index (χ1n) is 7.42. The lowest BCUT2D eigenvalue weighted by Crippen LogP contribution is -2.16. The first-order valence-corrected chi connectivity index (χ1v) is 7.42. The summed E-state index contributed by atoms with van der Waals surface area (Å²) >= 11 is 0. The van der Waals surface area contributed by atoms with Gasteiger partial charge >= 0.3 is 0 Å². The van der Waals surface area contributed by atoms with Crippen LogP contribution in [0, 0.1) is 0 Å². The van der Waals surface area contributed by atoms with Crippen LogP contribution in [0.2, 0.25) is 0 Å². The number of hydrogen-bond acceptors (Lipinski definition) is 3. The Bertz CT molecular complexity index is 785. The van der Waals surface area contributed by atoms with Crippen molar-refractivity contribution >= 4 is 17.7 Å². The Hall–Kier alpha value is -3.07. The lowest BCUT2D eigenvalue weighted by Gasteiger charge is -2.25. The smallest absolute Gasteiger partial charge is 0.153 e. The summed E-state index contributed by atoms with van der Waals surface area (Å²) in [5.41, 5.74) is 3.31. The van der Waals surface area contributed by atoms with Gasteiger partial charge in [0.05, 0.1) is 5.56 Å². The molecule has 3 heteroatoms. The summed E-state index contributed by atoms with van der Waals surface area (Å²) in [6, 6.07) is 25.2. The van der Waals surface area contributed by atoms with Gasteiger partial charge in [0, 0.05) is 24.0 Å². The molecule has 0 aliphatic rings. The Morgan fingerprint density at radius 3 is 2.09 bits per heavy atom. The molecule has 1 N–H and O–H groups in total. The third-order valence-corrected chi connectivity index (χ3v) is 3.70. The first-order chi connectivity index (χ1) is 11.3. The van der Waals surface area contributed by atoms with Crippen LogP contribution in [0.25, 0.3) is 0 Å². The Morgan fingerprint density at radius 1 is 0.826 bits per heavy atom. The number of phenols is 1. The monoisotopic (exact) mass is 303 g/mol. The van der Waals surface area contributed by atoms with Crippen LogP contribution in [0.15, 0.2) is 78.9 Å². The molecule has 0 amide bonds. The molecule has 3 aromatic carbocycles. The van der Waals surface area contributed by atoms with E-state index in [0.29, 0.717) is 18.4 Å². The molecular formula is C20H17NO2. The van der Waals surface area contributed by atoms with Crippen molar-refractivity contribution in [2.45, 2.75) is 6.54 Å². The fraction of sp³-hybridized carbons (Fsp3) is 0.0500. The van der Waals surface area contributed by atoms with Gasteiger partial charge in [-0.3, -0.25) is 4.79 Å². The van der Waals surface area contributed by atoms with Crippen molar-refractivity contribution in [3.8, 4) is 5.75 Å². The van der Waals surface area contributed by atoms with Crippen LogP contribution in [0.3, 0.4) is 0 Å². The molecule has 0 bridgehead atoms. The Labute approximate surface area is 135 Å². The van der Waals surface area contributed by atoms with Crippen LogP contribution in [0.5, 0.6) is 5.75 Å². The van der Waals surface area contributed by atoms with Gasteiger partial charge in [0.15, 0.2) is 6.29 Å². The van der Waals surface area contributed by atoms with Gasteiger partial charge in [0.2, 0.25) is 0 Å². The molecule has 114 valence electrons. The van der Waals surface area contributed by atoms with Crippen molar-refractivity contribution < 1.29 is 9.90 Å². The van der Waals surface area contributed by atoms with Gasteiger partial charge in [-0.05, 0) is 29.8 Å². The highest BCUT2D eigenvalue weighted by Gasteiger charge is 2.12. The summed E-state index contributed by atoms with van der Waals surface area (Å²) in [6.45, 7) is 0.671. The van der Waals surface area contributed by atoms with Crippen molar-refractivity contribution in [2.24, 2.45) is 0 Å². The molecule has 0 radical (unpaired) electrons. The van der Waals surface area contributed by atoms with Gasteiger partial charge in [-0.2, -0.15) is 0 Å². The minimum absolute atomic E-state index is 0.00788. The normalized spacial score (nSPS) is 10.3. The highest BCUT2D eigenvalue weighted by molar-refractivity contribution is 5.81. The molecule has 0 saturated carbocycles. The van der Waals surface area contributed by atoms with Crippen molar-refractivity contribution in [1.82, 2.24) is 0 Å². The largest absolute Gasteiger partial charge is 0.507 e. The zero-order valence-corrected chi connectivity index (χ0v) is 12.6. The summed E-state index contributed by atoms with van der Waals surface area (Å²) in [4.78, 5) is 13.0. The van der Waals surface area contributed by atoms with Crippen molar-refractivity contribution in [2.75, 3.05) is 4.90 Å². The van der Waals surface area contributed by atoms with Crippen LogP contribution >= 0.6 is 0 Å². The second-order valence-electron chi connectivity index (χ2n) is 5.27. The van der Waals surface area contributed by atoms with Crippen LogP contribution in [0.4, 0.5) is 11.4 Å². The number of hydrogen-bond donors (Lipinski definition) is 1. The molecule has 0 saturated heterocycles. The van der Waals surface area contributed by atoms with Gasteiger partial charge in [-0.1, -0.05) is 48.5 Å². The number of carbonyl (C=O) groups excluding carboxylic acids is 1. The number of carbonyl (C=O) groups is 1. The van der Waals surface area contributed by atoms with E-state index in [4.69, 9.17) is 0 Å². The maximum absolute atomic E-state index is 10.9. The molecule has 0 aliphatic carbocycles. The predicted molar refractivity (Wildman–Crippen MR) is 92.2 cm³/mol. The van der Waals surface area contributed by atoms with Crippen LogP contribution in [-0.2, 0) is 6.54 Å². The number of para-hydroxylation sites is 1. The quantitative estimate of drug-likeness (QED) is 0.703. The Kier molecular flexibility index (Phi) is 4.39. The Morgan fingerprint density at radius 2 is 1.48 bits per heavy atom. The SMILES string of the molecule is O=Cc1ccc(N(Cc2ccccc2)c2ccccc2)cc1O. The molecule has 3 rings (SSSR count). The van der Waals surface area contributed by atoms with E-state index in [1.807, 2.05) is 54.6 Å². The molecular weight excluding hydrogens is 286 g/mol. The lowest BCUT2D eigenvalue weighted by molar-refractivity contribution is 0.112. The minimum Gasteiger partial charge on any atom is -0.507 e. The zero-order valence-electron chi connectivity index (χ0n) is 12.6. The van der Waals surface area contributed by atoms with E-state index in [-0.39, 0.29) is 5.75 Å². The van der Waals surface area contributed by atoms with Crippen molar-refractivity contribution in [1.29, 1.82) is 0 Å². The number of aldehydes is 1. The van der Waals surface area contributed by atoms with Gasteiger partial charge in [0.1, 0.15) is 5.75 Å². The van der Waals surface area contributed by atoms with Crippen molar-refractivity contribution in [3.63, 3.8) is 0 Å². The number of phenolic OH excluding ortho intramolecular Hbond substituents is 1. The second kappa shape index (κ2) is 6.79. The molecule has 0 unspecified atom stereocenters. The van der Waals surface area contributed by atoms with Crippen LogP contribution in [-0.4, -0.2) is 11.4 Å². The Balaban J connectivity index is 2.01. The van der Waals surface area contributed by atoms with Gasteiger partial charge in [-0.25, -0.2) is 0 Å². The van der Waals surface area contributed by atoms with E-state index in [2.05, 4.69) is 17.0 Å². The second-order valence-corrected chi connectivity index (χ2v) is 5.27. The molecule has 0 aromatic heterocycles. The van der Waals surface area contributed by atoms with Gasteiger partial charge < -0.3 is 10.0 Å². The van der Waals surface area contributed by atoms with Gasteiger partial charge in [-0.15, -0.1) is 0 Å². The van der Waals surface area contributed by atoms with E-state index in [9.17, 15) is 9.90 Å². The number of anilines is 2. The maximum atomic E-state index is 10.9. The lowest BCUT2D eigenvalue weighted by atomic mass is 10.1. The maximum Gasteiger partial charge on any atom is 0.153 e. The first kappa shape index (κ1) is 14.9. The molecule has 0 atom stereocenters. The van der Waals surface area contributed by atoms with Crippen LogP contribution in [0.1, 0.15) is 15.9 Å². The summed E-state index contributed by atoms with van der Waals surface area (Å²) in [5, 5.41) is 10.00. The number of rotatable bonds is 5. The van der Waals surface area contributed by atoms with E-state index >= 15 is 0 Å². The third-order valence-electron chi connectivity index (χ3n) is 3.70. The topological polar surface area (TPSA) is 40.5 Å². The summed E-state index contributed by atoms with van der Waals surface area (Å²) in [7, 11) is 0. The molecule has 0 heterocycles. The number of benzene rings is 3. The molecule has 3 nitrogen and oxygen atoms in total. The molecule has 0 aliphatic heterocycles. The summed E-state index contributed by atoms with van der Waals surface area (Å²) < 4.78 is 0. The van der Waals surface area contributed by atoms with Gasteiger partial charge in [0.25, 0.3) is 0 Å². The van der Waals surface area contributed by atoms with E-state index in [1.165, 1.54) is 0 Å². The fourth-order valence-corrected chi connectivity index (χ4v) is 2.51. The minimum atomic E-state index is -0.00788. The van der Waals surface area contributed by atoms with E-state index in [0.717, 1.165) is 16.9 Å². The predicted octanol–water partition coefficient (Wildman–Crippen LogP) is 4.54. The molecule has 23 heavy (non-hydrogen) atoms. The standard InChI is InChI=1S/C20H17NO2/c22-15-17-11-12-19(13-20(17)23)21(18-9-5-2-6-10-18)14-16-7-3-1-4-8-16/h1-13,15,23H,14H2. The van der Waals surface area contributed by atoms with Crippen LogP contribution < -0.4 is 4.90 Å². The highest BCUT2D eigenvalue weighted by atomic mass is 16.3. The molecule has 0 fully saturated rings. The fourth-order valence-electron chi connectivity index (χ4n) is 2.51. The summed E-state index contributed by atoms with van der Waals surface area (Å²) in [5.74, 6) is -0.00788. The number of nitrogens with zero attached hydrogens (tertiary/aromatic N) is 1. The van der Waals surface area contributed by atoms with E-state index < -0.39 is 0 Å². The van der Waals surface area contributed by atoms with E-state index in [1.54, 1.807) is 12.1 Å². The third kappa shape index (κ3) is 3.40. The average Bonchev–Trinajstić information content (AvgIpc) is 2.61. The zero-order chi connectivity index (χ0) is 16.1. The molecule has 0 spiro atoms. The highest BCUT2D eigenvalue weighted by Crippen LogP contribution is 2.31. The summed E-state index contributed by atoms with van der Waals surface area (Å²) in [6.07, 6.45) is 0.656.